The smallest absolute Gasteiger partial charge is 0.744 e. The summed E-state index contributed by atoms with van der Waals surface area (Å²) < 4.78 is 70.1. The molecule has 10 rings (SSSR count). The van der Waals surface area contributed by atoms with Crippen LogP contribution < -0.4 is 0 Å². The minimum absolute atomic E-state index is 0. The summed E-state index contributed by atoms with van der Waals surface area (Å²) in [6.45, 7) is 0. The van der Waals surface area contributed by atoms with Gasteiger partial charge in [0.2, 0.25) is 0 Å². The second kappa shape index (κ2) is 14.6. The number of aromatic amines is 4. The quantitative estimate of drug-likeness (QED) is 0.102. The molecule has 0 atom stereocenters. The molecule has 0 spiro atoms. The van der Waals surface area contributed by atoms with Gasteiger partial charge in [-0.2, -0.15) is 0 Å². The molecular weight excluding hydrogens is 808 g/mol. The standard InChI is InChI=1S/2C20H14N4O3S.Mn/c2*25-28(26,27)20-11-18-9-16-4-3-14(22-16)7-12-1-2-13(21-12)8-15-5-6-17(23-15)10-19(20)24-18;/h2*1-11,22,24H,(H,25,26,27);/q;;+2/p-2. The van der Waals surface area contributed by atoms with Crippen LogP contribution in [0.5, 0.6) is 0 Å². The summed E-state index contributed by atoms with van der Waals surface area (Å²) >= 11 is 0. The van der Waals surface area contributed by atoms with Crippen molar-refractivity contribution in [3.05, 3.63) is 130 Å². The zero-order chi connectivity index (χ0) is 38.6. The third-order valence-electron chi connectivity index (χ3n) is 8.80. The second-order valence-corrected chi connectivity index (χ2v) is 15.7. The molecule has 4 N–H and O–H groups in total. The molecule has 16 bridgehead atoms. The van der Waals surface area contributed by atoms with E-state index in [1.807, 2.05) is 72.8 Å². The largest absolute Gasteiger partial charge is 2.00 e. The Bertz CT molecular complexity index is 3120. The topological polar surface area (TPSA) is 229 Å². The van der Waals surface area contributed by atoms with E-state index in [0.29, 0.717) is 33.8 Å². The summed E-state index contributed by atoms with van der Waals surface area (Å²) in [5, 5.41) is 0. The van der Waals surface area contributed by atoms with E-state index in [2.05, 4.69) is 39.9 Å². The Balaban J connectivity index is 0.000000157. The number of aromatic nitrogens is 8. The van der Waals surface area contributed by atoms with Crippen molar-refractivity contribution in [1.29, 1.82) is 0 Å². The van der Waals surface area contributed by atoms with Crippen LogP contribution in [0.2, 0.25) is 0 Å². The molecule has 4 aliphatic rings. The van der Waals surface area contributed by atoms with Gasteiger partial charge >= 0.3 is 17.1 Å². The number of nitrogens with zero attached hydrogens (tertiary/aromatic N) is 4. The maximum Gasteiger partial charge on any atom is 2.00 e. The van der Waals surface area contributed by atoms with E-state index in [-0.39, 0.29) is 37.9 Å². The summed E-state index contributed by atoms with van der Waals surface area (Å²) in [7, 11) is -9.28. The minimum atomic E-state index is -4.64. The fraction of sp³-hybridized carbons (Fsp3) is 0. The molecule has 10 heterocycles. The minimum Gasteiger partial charge on any atom is -0.744 e. The molecule has 0 amide bonds. The fourth-order valence-corrected chi connectivity index (χ4v) is 7.70. The monoisotopic (exact) mass is 833 g/mol. The molecule has 0 unspecified atom stereocenters. The van der Waals surface area contributed by atoms with Gasteiger partial charge in [0.25, 0.3) is 0 Å². The Kier molecular flexibility index (Phi) is 9.57. The van der Waals surface area contributed by atoms with E-state index in [9.17, 15) is 25.9 Å². The van der Waals surface area contributed by atoms with Crippen LogP contribution in [0.25, 0.3) is 92.7 Å². The Morgan fingerprint density at radius 3 is 0.947 bits per heavy atom. The number of rotatable bonds is 2. The predicted molar refractivity (Wildman–Crippen MR) is 214 cm³/mol. The van der Waals surface area contributed by atoms with Crippen molar-refractivity contribution in [2.75, 3.05) is 0 Å². The van der Waals surface area contributed by atoms with Crippen molar-refractivity contribution in [2.45, 2.75) is 9.79 Å². The molecule has 6 aromatic heterocycles. The van der Waals surface area contributed by atoms with E-state index in [1.54, 1.807) is 48.6 Å². The molecule has 14 nitrogen and oxygen atoms in total. The molecule has 4 aliphatic heterocycles. The first-order chi connectivity index (χ1) is 26.8. The molecule has 0 aromatic carbocycles. The average Bonchev–Trinajstić information content (AvgIpc) is 3.97. The molecule has 6 aromatic rings. The first-order valence-electron chi connectivity index (χ1n) is 16.9. The molecule has 57 heavy (non-hydrogen) atoms. The summed E-state index contributed by atoms with van der Waals surface area (Å²) in [5.41, 5.74) is 10.2. The average molecular weight is 834 g/mol. The van der Waals surface area contributed by atoms with Gasteiger partial charge in [-0.25, -0.2) is 36.8 Å². The Morgan fingerprint density at radius 1 is 0.351 bits per heavy atom. The van der Waals surface area contributed by atoms with Gasteiger partial charge in [0, 0.05) is 33.1 Å². The van der Waals surface area contributed by atoms with Gasteiger partial charge in [-0.1, -0.05) is 0 Å². The van der Waals surface area contributed by atoms with Crippen molar-refractivity contribution in [1.82, 2.24) is 39.9 Å². The van der Waals surface area contributed by atoms with Crippen molar-refractivity contribution in [2.24, 2.45) is 0 Å². The summed E-state index contributed by atoms with van der Waals surface area (Å²) in [6, 6.07) is 24.2. The van der Waals surface area contributed by atoms with Gasteiger partial charge in [-0.05, 0) is 134 Å². The molecule has 0 saturated carbocycles. The molecule has 0 aliphatic carbocycles. The number of nitrogens with one attached hydrogen (secondary N) is 4. The molecule has 1 radical (unpaired) electrons. The third kappa shape index (κ3) is 8.39. The van der Waals surface area contributed by atoms with Crippen molar-refractivity contribution in [3.8, 4) is 0 Å². The van der Waals surface area contributed by atoms with Crippen LogP contribution in [0.3, 0.4) is 0 Å². The van der Waals surface area contributed by atoms with Crippen LogP contribution in [0.4, 0.5) is 0 Å². The SMILES string of the molecule is O=S(=O)([O-])c1cc2cc3ccc(cc4nc(cc5nc(cc1[nH]2)C=C5)C=C4)[nH]3.O=S(=O)([O-])c1cc2cc3ccc(cc4nc(cc5nc(cc1[nH]2)C=C5)C=C4)[nH]3.[Mn+2]. The van der Waals surface area contributed by atoms with Crippen LogP contribution >= 0.6 is 0 Å². The Hall–Kier alpha value is -6.46. The molecule has 0 saturated heterocycles. The van der Waals surface area contributed by atoms with Gasteiger partial charge in [-0.3, -0.25) is 0 Å². The van der Waals surface area contributed by atoms with Crippen molar-refractivity contribution < 1.29 is 43.0 Å². The molecule has 281 valence electrons. The number of hydrogen-bond acceptors (Lipinski definition) is 10. The van der Waals surface area contributed by atoms with E-state index < -0.39 is 20.2 Å². The fourth-order valence-electron chi connectivity index (χ4n) is 6.40. The summed E-state index contributed by atoms with van der Waals surface area (Å²) in [5.74, 6) is 0. The Labute approximate surface area is 334 Å². The van der Waals surface area contributed by atoms with Crippen molar-refractivity contribution >= 4 is 113 Å². The maximum atomic E-state index is 11.7. The zero-order valence-electron chi connectivity index (χ0n) is 29.1. The molecule has 0 fully saturated rings. The van der Waals surface area contributed by atoms with Gasteiger partial charge in [0.1, 0.15) is 20.2 Å². The summed E-state index contributed by atoms with van der Waals surface area (Å²) in [4.78, 5) is 29.8. The van der Waals surface area contributed by atoms with Crippen molar-refractivity contribution in [3.63, 3.8) is 0 Å². The van der Waals surface area contributed by atoms with Crippen LogP contribution in [0.1, 0.15) is 45.6 Å². The van der Waals surface area contributed by atoms with Crippen LogP contribution in [0, 0.1) is 0 Å². The number of hydrogen-bond donors (Lipinski definition) is 4. The van der Waals surface area contributed by atoms with E-state index in [1.165, 1.54) is 12.1 Å². The first kappa shape index (κ1) is 37.5. The van der Waals surface area contributed by atoms with Crippen LogP contribution in [-0.4, -0.2) is 65.8 Å². The van der Waals surface area contributed by atoms with Gasteiger partial charge in [-0.15, -0.1) is 0 Å². The van der Waals surface area contributed by atoms with Crippen LogP contribution in [-0.2, 0) is 37.3 Å². The maximum absolute atomic E-state index is 11.7. The van der Waals surface area contributed by atoms with Crippen LogP contribution in [0.15, 0.2) is 94.7 Å². The second-order valence-electron chi connectivity index (χ2n) is 13.0. The van der Waals surface area contributed by atoms with Gasteiger partial charge < -0.3 is 29.0 Å². The first-order valence-corrected chi connectivity index (χ1v) is 19.8. The van der Waals surface area contributed by atoms with E-state index >= 15 is 0 Å². The Morgan fingerprint density at radius 2 is 0.632 bits per heavy atom. The molecular formula is C40H26MnN8O6S2. The zero-order valence-corrected chi connectivity index (χ0v) is 31.9. The normalized spacial score (nSPS) is 12.9. The molecule has 17 heteroatoms. The van der Waals surface area contributed by atoms with E-state index in [0.717, 1.165) is 44.8 Å². The predicted octanol–water partition coefficient (Wildman–Crippen LogP) is 7.12. The number of H-pyrrole nitrogens is 4. The third-order valence-corrected chi connectivity index (χ3v) is 10.6. The number of fused-ring (bicyclic) bond motifs is 16. The van der Waals surface area contributed by atoms with Gasteiger partial charge in [0.15, 0.2) is 0 Å². The van der Waals surface area contributed by atoms with E-state index in [4.69, 9.17) is 0 Å². The summed E-state index contributed by atoms with van der Waals surface area (Å²) in [6.07, 6.45) is 14.8. The van der Waals surface area contributed by atoms with Gasteiger partial charge in [0.05, 0.1) is 66.4 Å².